The molecule has 2 N–H and O–H groups in total. The van der Waals surface area contributed by atoms with Gasteiger partial charge in [-0.2, -0.15) is 0 Å². The number of carbonyl (C=O) groups is 3. The van der Waals surface area contributed by atoms with Crippen molar-refractivity contribution in [3.63, 3.8) is 0 Å². The fourth-order valence-corrected chi connectivity index (χ4v) is 3.05. The van der Waals surface area contributed by atoms with Gasteiger partial charge in [-0.25, -0.2) is 0 Å². The van der Waals surface area contributed by atoms with Gasteiger partial charge in [0.1, 0.15) is 6.54 Å². The topological polar surface area (TPSA) is 86.7 Å². The predicted octanol–water partition coefficient (Wildman–Crippen LogP) is 1.70. The van der Waals surface area contributed by atoms with Crippen molar-refractivity contribution in [1.29, 1.82) is 0 Å². The van der Waals surface area contributed by atoms with Crippen molar-refractivity contribution in [2.45, 2.75) is 13.0 Å². The zero-order valence-corrected chi connectivity index (χ0v) is 14.2. The summed E-state index contributed by atoms with van der Waals surface area (Å²) >= 11 is 0. The van der Waals surface area contributed by atoms with E-state index < -0.39 is 11.9 Å². The molecule has 1 unspecified atom stereocenters. The molecule has 1 heterocycles. The summed E-state index contributed by atoms with van der Waals surface area (Å²) in [7, 11) is 0. The molecule has 0 fully saturated rings. The molecular weight excluding hydrogens is 332 g/mol. The monoisotopic (exact) mass is 352 g/mol. The summed E-state index contributed by atoms with van der Waals surface area (Å²) in [5.41, 5.74) is 2.42. The van der Waals surface area contributed by atoms with E-state index in [1.807, 2.05) is 42.5 Å². The molecule has 0 aliphatic carbocycles. The van der Waals surface area contributed by atoms with Gasteiger partial charge >= 0.3 is 5.97 Å². The van der Waals surface area contributed by atoms with Gasteiger partial charge in [-0.05, 0) is 23.6 Å². The third-order valence-corrected chi connectivity index (χ3v) is 4.45. The molecule has 0 saturated heterocycles. The molecule has 1 atom stereocenters. The van der Waals surface area contributed by atoms with Crippen LogP contribution < -0.4 is 5.32 Å². The summed E-state index contributed by atoms with van der Waals surface area (Å²) in [6.07, 6.45) is 0.338. The van der Waals surface area contributed by atoms with Crippen LogP contribution in [0.5, 0.6) is 0 Å². The van der Waals surface area contributed by atoms with Crippen molar-refractivity contribution in [2.75, 3.05) is 13.1 Å². The van der Waals surface area contributed by atoms with E-state index in [4.69, 9.17) is 0 Å². The van der Waals surface area contributed by atoms with Crippen LogP contribution in [0.3, 0.4) is 0 Å². The first-order valence-corrected chi connectivity index (χ1v) is 8.45. The number of fused-ring (bicyclic) bond motifs is 1. The van der Waals surface area contributed by atoms with E-state index >= 15 is 0 Å². The Morgan fingerprint density at radius 1 is 1.08 bits per heavy atom. The van der Waals surface area contributed by atoms with E-state index in [0.29, 0.717) is 18.5 Å². The number of rotatable bonds is 7. The molecule has 0 bridgehead atoms. The molecule has 2 aromatic carbocycles. The van der Waals surface area contributed by atoms with Crippen molar-refractivity contribution >= 4 is 17.8 Å². The highest BCUT2D eigenvalue weighted by Crippen LogP contribution is 2.21. The number of carbonyl (C=O) groups excluding carboxylic acids is 2. The molecule has 0 saturated carbocycles. The Hall–Kier alpha value is -3.15. The van der Waals surface area contributed by atoms with Crippen molar-refractivity contribution in [3.8, 4) is 0 Å². The van der Waals surface area contributed by atoms with Crippen LogP contribution in [0, 0.1) is 5.92 Å². The van der Waals surface area contributed by atoms with Crippen molar-refractivity contribution in [1.82, 2.24) is 10.2 Å². The lowest BCUT2D eigenvalue weighted by molar-refractivity contribution is -0.141. The minimum atomic E-state index is -0.959. The van der Waals surface area contributed by atoms with Gasteiger partial charge in [-0.3, -0.25) is 14.4 Å². The zero-order valence-electron chi connectivity index (χ0n) is 14.2. The molecule has 2 aromatic rings. The van der Waals surface area contributed by atoms with Gasteiger partial charge in [0.05, 0.1) is 5.92 Å². The Morgan fingerprint density at radius 3 is 2.46 bits per heavy atom. The van der Waals surface area contributed by atoms with E-state index in [9.17, 15) is 19.5 Å². The first-order valence-electron chi connectivity index (χ1n) is 8.45. The van der Waals surface area contributed by atoms with Gasteiger partial charge in [0.15, 0.2) is 0 Å². The quantitative estimate of drug-likeness (QED) is 0.794. The predicted molar refractivity (Wildman–Crippen MR) is 95.5 cm³/mol. The molecule has 0 aromatic heterocycles. The normalized spacial score (nSPS) is 14.0. The van der Waals surface area contributed by atoms with Crippen LogP contribution in [0.1, 0.15) is 21.5 Å². The molecular formula is C20H20N2O4. The Balaban J connectivity index is 1.53. The third-order valence-electron chi connectivity index (χ3n) is 4.45. The number of hydrogen-bond acceptors (Lipinski definition) is 3. The summed E-state index contributed by atoms with van der Waals surface area (Å²) in [6.45, 7) is 0.345. The zero-order chi connectivity index (χ0) is 18.5. The van der Waals surface area contributed by atoms with E-state index in [1.165, 1.54) is 4.90 Å². The average molecular weight is 352 g/mol. The Kier molecular flexibility index (Phi) is 5.31. The number of nitrogens with one attached hydrogen (secondary N) is 1. The van der Waals surface area contributed by atoms with Crippen molar-refractivity contribution in [2.24, 2.45) is 5.92 Å². The summed E-state index contributed by atoms with van der Waals surface area (Å²) < 4.78 is 0. The number of aliphatic carboxylic acids is 1. The largest absolute Gasteiger partial charge is 0.481 e. The Morgan fingerprint density at radius 2 is 1.77 bits per heavy atom. The molecule has 6 heteroatoms. The second kappa shape index (κ2) is 7.82. The number of benzene rings is 2. The number of amides is 2. The summed E-state index contributed by atoms with van der Waals surface area (Å²) in [5, 5.41) is 12.0. The van der Waals surface area contributed by atoms with Crippen LogP contribution in [-0.4, -0.2) is 40.9 Å². The minimum absolute atomic E-state index is 0.0258. The van der Waals surface area contributed by atoms with Crippen molar-refractivity contribution in [3.05, 3.63) is 71.3 Å². The fourth-order valence-electron chi connectivity index (χ4n) is 3.05. The lowest BCUT2D eigenvalue weighted by atomic mass is 9.99. The fraction of sp³-hybridized carbons (Fsp3) is 0.250. The number of carboxylic acid groups (broad SMARTS) is 1. The SMILES string of the molecule is O=C(CN1Cc2ccccc2C1=O)NCC(Cc1ccccc1)C(=O)O. The number of hydrogen-bond donors (Lipinski definition) is 2. The highest BCUT2D eigenvalue weighted by molar-refractivity contribution is 6.00. The molecule has 6 nitrogen and oxygen atoms in total. The first kappa shape index (κ1) is 17.7. The van der Waals surface area contributed by atoms with Gasteiger partial charge in [0, 0.05) is 18.7 Å². The lowest BCUT2D eigenvalue weighted by Crippen LogP contribution is -2.40. The highest BCUT2D eigenvalue weighted by atomic mass is 16.4. The lowest BCUT2D eigenvalue weighted by Gasteiger charge is -2.17. The maximum atomic E-state index is 12.3. The second-order valence-electron chi connectivity index (χ2n) is 6.35. The smallest absolute Gasteiger partial charge is 0.308 e. The van der Waals surface area contributed by atoms with Crippen LogP contribution in [0.2, 0.25) is 0 Å². The van der Waals surface area contributed by atoms with Gasteiger partial charge in [0.2, 0.25) is 5.91 Å². The number of nitrogens with zero attached hydrogens (tertiary/aromatic N) is 1. The third kappa shape index (κ3) is 4.08. The Bertz CT molecular complexity index is 820. The summed E-state index contributed by atoms with van der Waals surface area (Å²) in [5.74, 6) is -2.20. The summed E-state index contributed by atoms with van der Waals surface area (Å²) in [4.78, 5) is 37.4. The van der Waals surface area contributed by atoms with E-state index in [-0.39, 0.29) is 24.9 Å². The van der Waals surface area contributed by atoms with Crippen LogP contribution in [-0.2, 0) is 22.6 Å². The molecule has 0 radical (unpaired) electrons. The maximum Gasteiger partial charge on any atom is 0.308 e. The van der Waals surface area contributed by atoms with E-state index in [2.05, 4.69) is 5.32 Å². The molecule has 2 amide bonds. The summed E-state index contributed by atoms with van der Waals surface area (Å²) in [6, 6.07) is 16.5. The highest BCUT2D eigenvalue weighted by Gasteiger charge is 2.28. The first-order chi connectivity index (χ1) is 12.5. The molecule has 3 rings (SSSR count). The molecule has 1 aliphatic rings. The average Bonchev–Trinajstić information content (AvgIpc) is 2.95. The standard InChI is InChI=1S/C20H20N2O4/c23-18(13-22-12-15-8-4-5-9-17(15)19(22)24)21-11-16(20(25)26)10-14-6-2-1-3-7-14/h1-9,16H,10-13H2,(H,21,23)(H,25,26). The number of carboxylic acids is 1. The van der Waals surface area contributed by atoms with Gasteiger partial charge in [-0.1, -0.05) is 48.5 Å². The van der Waals surface area contributed by atoms with Crippen LogP contribution in [0.4, 0.5) is 0 Å². The Labute approximate surface area is 151 Å². The second-order valence-corrected chi connectivity index (χ2v) is 6.35. The molecule has 1 aliphatic heterocycles. The molecule has 0 spiro atoms. The van der Waals surface area contributed by atoms with Gasteiger partial charge in [-0.15, -0.1) is 0 Å². The van der Waals surface area contributed by atoms with Crippen LogP contribution in [0.25, 0.3) is 0 Å². The molecule has 26 heavy (non-hydrogen) atoms. The van der Waals surface area contributed by atoms with Gasteiger partial charge in [0.25, 0.3) is 5.91 Å². The van der Waals surface area contributed by atoms with Crippen LogP contribution >= 0.6 is 0 Å². The van der Waals surface area contributed by atoms with Gasteiger partial charge < -0.3 is 15.3 Å². The molecule has 134 valence electrons. The minimum Gasteiger partial charge on any atom is -0.481 e. The van der Waals surface area contributed by atoms with Crippen LogP contribution in [0.15, 0.2) is 54.6 Å². The van der Waals surface area contributed by atoms with Crippen molar-refractivity contribution < 1.29 is 19.5 Å². The van der Waals surface area contributed by atoms with E-state index in [0.717, 1.165) is 11.1 Å². The maximum absolute atomic E-state index is 12.3. The van der Waals surface area contributed by atoms with E-state index in [1.54, 1.807) is 12.1 Å².